The molecule has 2 aromatic rings. The third-order valence-electron chi connectivity index (χ3n) is 3.57. The van der Waals surface area contributed by atoms with Crippen LogP contribution in [0.2, 0.25) is 0 Å². The molecule has 1 aliphatic carbocycles. The molecule has 0 radical (unpaired) electrons. The Morgan fingerprint density at radius 2 is 2.06 bits per heavy atom. The van der Waals surface area contributed by atoms with E-state index in [9.17, 15) is 4.39 Å². The maximum Gasteiger partial charge on any atom is 0.123 e. The van der Waals surface area contributed by atoms with Crippen LogP contribution < -0.4 is 5.73 Å². The number of halogens is 1. The molecule has 18 heavy (non-hydrogen) atoms. The zero-order valence-electron chi connectivity index (χ0n) is 10.1. The van der Waals surface area contributed by atoms with Gasteiger partial charge in [-0.15, -0.1) is 0 Å². The number of hydrogen-bond acceptors (Lipinski definition) is 2. The lowest BCUT2D eigenvalue weighted by Crippen LogP contribution is -2.21. The van der Waals surface area contributed by atoms with Gasteiger partial charge in [0, 0.05) is 6.54 Å². The normalized spacial score (nSPS) is 16.8. The minimum Gasteiger partial charge on any atom is -0.328 e. The van der Waals surface area contributed by atoms with Gasteiger partial charge < -0.3 is 10.3 Å². The van der Waals surface area contributed by atoms with E-state index in [1.807, 2.05) is 12.5 Å². The number of nitrogens with two attached hydrogens (primary N) is 1. The molecule has 1 heterocycles. The summed E-state index contributed by atoms with van der Waals surface area (Å²) < 4.78 is 15.1. The quantitative estimate of drug-likeness (QED) is 0.899. The molecule has 0 spiro atoms. The van der Waals surface area contributed by atoms with Crippen molar-refractivity contribution in [1.29, 1.82) is 0 Å². The van der Waals surface area contributed by atoms with Crippen LogP contribution in [0.1, 0.15) is 18.9 Å². The van der Waals surface area contributed by atoms with Gasteiger partial charge in [0.1, 0.15) is 5.82 Å². The summed E-state index contributed by atoms with van der Waals surface area (Å²) in [5.41, 5.74) is 7.86. The lowest BCUT2D eigenvalue weighted by molar-refractivity contribution is 0.458. The van der Waals surface area contributed by atoms with Crippen LogP contribution in [-0.2, 0) is 0 Å². The van der Waals surface area contributed by atoms with Gasteiger partial charge in [0.15, 0.2) is 0 Å². The average Bonchev–Trinajstić information content (AvgIpc) is 3.10. The first-order valence-corrected chi connectivity index (χ1v) is 6.27. The molecule has 3 rings (SSSR count). The topological polar surface area (TPSA) is 43.8 Å². The summed E-state index contributed by atoms with van der Waals surface area (Å²) in [6.45, 7) is 0.620. The molecule has 0 aliphatic heterocycles. The van der Waals surface area contributed by atoms with E-state index in [-0.39, 0.29) is 5.82 Å². The second-order valence-electron chi connectivity index (χ2n) is 4.83. The molecule has 1 saturated carbocycles. The van der Waals surface area contributed by atoms with Gasteiger partial charge in [0.05, 0.1) is 24.3 Å². The maximum absolute atomic E-state index is 12.9. The fourth-order valence-electron chi connectivity index (χ4n) is 2.43. The summed E-state index contributed by atoms with van der Waals surface area (Å²) in [7, 11) is 0. The van der Waals surface area contributed by atoms with Gasteiger partial charge in [-0.3, -0.25) is 0 Å². The van der Waals surface area contributed by atoms with Crippen LogP contribution in [-0.4, -0.2) is 16.1 Å². The van der Waals surface area contributed by atoms with E-state index < -0.39 is 0 Å². The fourth-order valence-corrected chi connectivity index (χ4v) is 2.43. The van der Waals surface area contributed by atoms with Crippen molar-refractivity contribution in [2.24, 2.45) is 11.7 Å². The second-order valence-corrected chi connectivity index (χ2v) is 4.83. The molecular formula is C14H16FN3. The Balaban J connectivity index is 1.97. The third kappa shape index (κ3) is 2.04. The molecule has 2 N–H and O–H groups in total. The van der Waals surface area contributed by atoms with Gasteiger partial charge in [0.25, 0.3) is 0 Å². The predicted octanol–water partition coefficient (Wildman–Crippen LogP) is 2.60. The monoisotopic (exact) mass is 245 g/mol. The Hall–Kier alpha value is -1.68. The van der Waals surface area contributed by atoms with E-state index in [0.717, 1.165) is 11.3 Å². The Morgan fingerprint density at radius 3 is 2.67 bits per heavy atom. The number of benzene rings is 1. The minimum atomic E-state index is -0.220. The first-order chi connectivity index (χ1) is 8.79. The van der Waals surface area contributed by atoms with Gasteiger partial charge in [-0.05, 0) is 48.6 Å². The number of rotatable bonds is 4. The lowest BCUT2D eigenvalue weighted by atomic mass is 10.1. The van der Waals surface area contributed by atoms with Crippen LogP contribution in [0.5, 0.6) is 0 Å². The Bertz CT molecular complexity index is 528. The molecule has 1 aromatic carbocycles. The van der Waals surface area contributed by atoms with Crippen LogP contribution >= 0.6 is 0 Å². The summed E-state index contributed by atoms with van der Waals surface area (Å²) in [6.07, 6.45) is 6.12. The van der Waals surface area contributed by atoms with Crippen molar-refractivity contribution in [1.82, 2.24) is 9.55 Å². The van der Waals surface area contributed by atoms with Gasteiger partial charge in [-0.2, -0.15) is 0 Å². The fraction of sp³-hybridized carbons (Fsp3) is 0.357. The minimum absolute atomic E-state index is 0.220. The van der Waals surface area contributed by atoms with Gasteiger partial charge in [-0.1, -0.05) is 0 Å². The molecule has 0 amide bonds. The standard InChI is InChI=1S/C14H16FN3/c15-12-5-3-11(4-6-12)14-8-17-9-18(14)13(7-16)10-1-2-10/h3-6,8-10,13H,1-2,7,16H2. The van der Waals surface area contributed by atoms with Crippen molar-refractivity contribution in [3.63, 3.8) is 0 Å². The highest BCUT2D eigenvalue weighted by atomic mass is 19.1. The number of aromatic nitrogens is 2. The van der Waals surface area contributed by atoms with E-state index in [1.54, 1.807) is 12.1 Å². The highest BCUT2D eigenvalue weighted by Gasteiger charge is 2.32. The average molecular weight is 245 g/mol. The molecule has 0 saturated heterocycles. The predicted molar refractivity (Wildman–Crippen MR) is 68.4 cm³/mol. The van der Waals surface area contributed by atoms with Crippen molar-refractivity contribution in [2.45, 2.75) is 18.9 Å². The molecule has 1 atom stereocenters. The number of hydrogen-bond donors (Lipinski definition) is 1. The molecular weight excluding hydrogens is 229 g/mol. The molecule has 4 heteroatoms. The molecule has 94 valence electrons. The summed E-state index contributed by atoms with van der Waals surface area (Å²) in [6, 6.07) is 6.82. The van der Waals surface area contributed by atoms with Crippen LogP contribution in [0.4, 0.5) is 4.39 Å². The Labute approximate surface area is 105 Å². The molecule has 0 bridgehead atoms. The highest BCUT2D eigenvalue weighted by Crippen LogP contribution is 2.40. The largest absolute Gasteiger partial charge is 0.328 e. The zero-order valence-corrected chi connectivity index (χ0v) is 10.1. The SMILES string of the molecule is NCC(C1CC1)n1cncc1-c1ccc(F)cc1. The molecule has 1 aromatic heterocycles. The van der Waals surface area contributed by atoms with Crippen LogP contribution in [0.25, 0.3) is 11.3 Å². The zero-order chi connectivity index (χ0) is 12.5. The maximum atomic E-state index is 12.9. The van der Waals surface area contributed by atoms with Crippen LogP contribution in [0.15, 0.2) is 36.8 Å². The van der Waals surface area contributed by atoms with Crippen molar-refractivity contribution >= 4 is 0 Å². The van der Waals surface area contributed by atoms with Crippen molar-refractivity contribution in [3.8, 4) is 11.3 Å². The van der Waals surface area contributed by atoms with E-state index >= 15 is 0 Å². The summed E-state index contributed by atoms with van der Waals surface area (Å²) in [4.78, 5) is 4.21. The van der Waals surface area contributed by atoms with Crippen LogP contribution in [0, 0.1) is 11.7 Å². The highest BCUT2D eigenvalue weighted by molar-refractivity contribution is 5.58. The van der Waals surface area contributed by atoms with E-state index in [2.05, 4.69) is 9.55 Å². The first-order valence-electron chi connectivity index (χ1n) is 6.27. The Kier molecular flexibility index (Phi) is 2.88. The summed E-state index contributed by atoms with van der Waals surface area (Å²) >= 11 is 0. The second kappa shape index (κ2) is 4.53. The van der Waals surface area contributed by atoms with Crippen LogP contribution in [0.3, 0.4) is 0 Å². The molecule has 1 unspecified atom stereocenters. The van der Waals surface area contributed by atoms with Crippen molar-refractivity contribution in [2.75, 3.05) is 6.54 Å². The third-order valence-corrected chi connectivity index (χ3v) is 3.57. The van der Waals surface area contributed by atoms with Gasteiger partial charge in [0.2, 0.25) is 0 Å². The first kappa shape index (κ1) is 11.4. The lowest BCUT2D eigenvalue weighted by Gasteiger charge is -2.18. The Morgan fingerprint density at radius 1 is 1.33 bits per heavy atom. The van der Waals surface area contributed by atoms with E-state index in [4.69, 9.17) is 5.73 Å². The molecule has 1 fully saturated rings. The summed E-state index contributed by atoms with van der Waals surface area (Å²) in [5, 5.41) is 0. The smallest absolute Gasteiger partial charge is 0.123 e. The number of nitrogens with zero attached hydrogens (tertiary/aromatic N) is 2. The van der Waals surface area contributed by atoms with Gasteiger partial charge in [-0.25, -0.2) is 9.37 Å². The number of imidazole rings is 1. The van der Waals surface area contributed by atoms with Crippen molar-refractivity contribution in [3.05, 3.63) is 42.6 Å². The van der Waals surface area contributed by atoms with Crippen molar-refractivity contribution < 1.29 is 4.39 Å². The van der Waals surface area contributed by atoms with Gasteiger partial charge >= 0.3 is 0 Å². The summed E-state index contributed by atoms with van der Waals surface area (Å²) in [5.74, 6) is 0.450. The van der Waals surface area contributed by atoms with E-state index in [1.165, 1.54) is 25.0 Å². The van der Waals surface area contributed by atoms with E-state index in [0.29, 0.717) is 18.5 Å². The molecule has 1 aliphatic rings. The molecule has 3 nitrogen and oxygen atoms in total.